The summed E-state index contributed by atoms with van der Waals surface area (Å²) in [4.78, 5) is 16.1. The van der Waals surface area contributed by atoms with E-state index in [1.807, 2.05) is 27.7 Å². The van der Waals surface area contributed by atoms with Crippen molar-refractivity contribution in [2.75, 3.05) is 19.6 Å². The highest BCUT2D eigenvalue weighted by Gasteiger charge is 2.13. The van der Waals surface area contributed by atoms with E-state index in [0.717, 1.165) is 25.9 Å². The quantitative estimate of drug-likeness (QED) is 0.342. The summed E-state index contributed by atoms with van der Waals surface area (Å²) in [5.41, 5.74) is -0.214. The van der Waals surface area contributed by atoms with Gasteiger partial charge in [-0.2, -0.15) is 0 Å². The summed E-state index contributed by atoms with van der Waals surface area (Å²) >= 11 is 0. The molecule has 0 aromatic rings. The monoisotopic (exact) mass is 412 g/mol. The number of halogens is 1. The zero-order chi connectivity index (χ0) is 15.6. The van der Waals surface area contributed by atoms with Crippen LogP contribution >= 0.6 is 24.0 Å². The van der Waals surface area contributed by atoms with Gasteiger partial charge in [-0.25, -0.2) is 4.99 Å². The molecule has 0 saturated heterocycles. The van der Waals surface area contributed by atoms with Gasteiger partial charge in [-0.05, 0) is 33.6 Å². The van der Waals surface area contributed by atoms with Crippen molar-refractivity contribution in [3.63, 3.8) is 0 Å². The summed E-state index contributed by atoms with van der Waals surface area (Å²) in [6, 6.07) is 0. The molecule has 0 bridgehead atoms. The molecule has 0 aromatic heterocycles. The number of aliphatic imine (C=N–C) groups is 1. The van der Waals surface area contributed by atoms with Crippen molar-refractivity contribution in [3.8, 4) is 0 Å². The summed E-state index contributed by atoms with van der Waals surface area (Å²) in [5, 5.41) is 9.37. The van der Waals surface area contributed by atoms with Gasteiger partial charge in [0.05, 0.1) is 0 Å². The lowest BCUT2D eigenvalue weighted by Crippen LogP contribution is -2.43. The van der Waals surface area contributed by atoms with Gasteiger partial charge in [-0.15, -0.1) is 24.0 Å². The predicted molar refractivity (Wildman–Crippen MR) is 101 cm³/mol. The SMILES string of the molecule is CCNC(=NCC(=O)NC(C)(C)C)NCC(CC)CC.I. The lowest BCUT2D eigenvalue weighted by Gasteiger charge is -2.20. The van der Waals surface area contributed by atoms with E-state index in [9.17, 15) is 4.79 Å². The van der Waals surface area contributed by atoms with Crippen LogP contribution in [-0.2, 0) is 4.79 Å². The van der Waals surface area contributed by atoms with Gasteiger partial charge in [0.25, 0.3) is 0 Å². The van der Waals surface area contributed by atoms with Crippen LogP contribution < -0.4 is 16.0 Å². The van der Waals surface area contributed by atoms with E-state index < -0.39 is 0 Å². The fourth-order valence-electron chi connectivity index (χ4n) is 1.77. The summed E-state index contributed by atoms with van der Waals surface area (Å²) in [7, 11) is 0. The van der Waals surface area contributed by atoms with Gasteiger partial charge in [0.1, 0.15) is 6.54 Å². The number of guanidine groups is 1. The van der Waals surface area contributed by atoms with E-state index in [2.05, 4.69) is 34.8 Å². The Hall–Kier alpha value is -0.530. The van der Waals surface area contributed by atoms with Crippen LogP contribution in [0, 0.1) is 5.92 Å². The molecule has 0 radical (unpaired) electrons. The van der Waals surface area contributed by atoms with Gasteiger partial charge >= 0.3 is 0 Å². The minimum atomic E-state index is -0.214. The topological polar surface area (TPSA) is 65.5 Å². The van der Waals surface area contributed by atoms with Gasteiger partial charge in [0.15, 0.2) is 5.96 Å². The molecule has 6 heteroatoms. The first kappa shape index (κ1) is 22.7. The molecule has 0 heterocycles. The molecule has 0 aliphatic carbocycles. The highest BCUT2D eigenvalue weighted by Crippen LogP contribution is 2.04. The Morgan fingerprint density at radius 1 is 1.10 bits per heavy atom. The van der Waals surface area contributed by atoms with Gasteiger partial charge < -0.3 is 16.0 Å². The largest absolute Gasteiger partial charge is 0.357 e. The summed E-state index contributed by atoms with van der Waals surface area (Å²) in [5.74, 6) is 1.29. The maximum atomic E-state index is 11.7. The summed E-state index contributed by atoms with van der Waals surface area (Å²) in [6.45, 7) is 14.1. The Labute approximate surface area is 147 Å². The van der Waals surface area contributed by atoms with Crippen molar-refractivity contribution in [2.24, 2.45) is 10.9 Å². The molecule has 0 aliphatic heterocycles. The van der Waals surface area contributed by atoms with Crippen LogP contribution in [0.2, 0.25) is 0 Å². The van der Waals surface area contributed by atoms with Crippen molar-refractivity contribution in [2.45, 2.75) is 59.9 Å². The third kappa shape index (κ3) is 12.9. The Morgan fingerprint density at radius 3 is 2.10 bits per heavy atom. The first-order valence-corrected chi connectivity index (χ1v) is 7.65. The average Bonchev–Trinajstić information content (AvgIpc) is 2.34. The molecule has 5 nitrogen and oxygen atoms in total. The smallest absolute Gasteiger partial charge is 0.242 e. The second-order valence-corrected chi connectivity index (χ2v) is 6.06. The number of amides is 1. The van der Waals surface area contributed by atoms with E-state index in [1.165, 1.54) is 0 Å². The van der Waals surface area contributed by atoms with Gasteiger partial charge in [0, 0.05) is 18.6 Å². The first-order chi connectivity index (χ1) is 9.32. The Bertz CT molecular complexity index is 309. The maximum Gasteiger partial charge on any atom is 0.242 e. The van der Waals surface area contributed by atoms with Crippen LogP contribution in [0.5, 0.6) is 0 Å². The molecule has 0 spiro atoms. The van der Waals surface area contributed by atoms with E-state index in [-0.39, 0.29) is 42.0 Å². The number of hydrogen-bond donors (Lipinski definition) is 3. The van der Waals surface area contributed by atoms with Crippen molar-refractivity contribution in [3.05, 3.63) is 0 Å². The zero-order valence-electron chi connectivity index (χ0n) is 14.4. The number of nitrogens with one attached hydrogen (secondary N) is 3. The van der Waals surface area contributed by atoms with E-state index in [4.69, 9.17) is 0 Å². The van der Waals surface area contributed by atoms with Crippen LogP contribution in [-0.4, -0.2) is 37.0 Å². The van der Waals surface area contributed by atoms with Crippen LogP contribution in [0.3, 0.4) is 0 Å². The molecule has 1 amide bonds. The van der Waals surface area contributed by atoms with E-state index >= 15 is 0 Å². The molecule has 0 fully saturated rings. The fraction of sp³-hybridized carbons (Fsp3) is 0.867. The molecular formula is C15H33IN4O. The lowest BCUT2D eigenvalue weighted by atomic mass is 10.0. The number of carbonyl (C=O) groups excluding carboxylic acids is 1. The molecule has 21 heavy (non-hydrogen) atoms. The predicted octanol–water partition coefficient (Wildman–Crippen LogP) is 2.51. The third-order valence-corrected chi connectivity index (χ3v) is 2.95. The molecule has 0 atom stereocenters. The normalized spacial score (nSPS) is 11.9. The highest BCUT2D eigenvalue weighted by atomic mass is 127. The van der Waals surface area contributed by atoms with Gasteiger partial charge in [0.2, 0.25) is 5.91 Å². The van der Waals surface area contributed by atoms with Crippen LogP contribution in [0.4, 0.5) is 0 Å². The number of nitrogens with zero attached hydrogens (tertiary/aromatic N) is 1. The Kier molecular flexibility index (Phi) is 13.1. The van der Waals surface area contributed by atoms with Gasteiger partial charge in [-0.1, -0.05) is 26.7 Å². The van der Waals surface area contributed by atoms with Crippen molar-refractivity contribution in [1.29, 1.82) is 0 Å². The standard InChI is InChI=1S/C15H32N4O.HI/c1-7-12(8-2)10-17-14(16-9-3)18-11-13(20)19-15(4,5)6;/h12H,7-11H2,1-6H3,(H,19,20)(H2,16,17,18);1H. The number of carbonyl (C=O) groups is 1. The van der Waals surface area contributed by atoms with E-state index in [0.29, 0.717) is 11.9 Å². The second kappa shape index (κ2) is 12.1. The Balaban J connectivity index is 0. The number of hydrogen-bond acceptors (Lipinski definition) is 2. The van der Waals surface area contributed by atoms with Crippen molar-refractivity contribution >= 4 is 35.8 Å². The average molecular weight is 412 g/mol. The van der Waals surface area contributed by atoms with Crippen LogP contribution in [0.25, 0.3) is 0 Å². The maximum absolute atomic E-state index is 11.7. The lowest BCUT2D eigenvalue weighted by molar-refractivity contribution is -0.121. The minimum Gasteiger partial charge on any atom is -0.357 e. The van der Waals surface area contributed by atoms with Crippen molar-refractivity contribution < 1.29 is 4.79 Å². The molecule has 126 valence electrons. The molecule has 0 aliphatic rings. The molecule has 0 saturated carbocycles. The fourth-order valence-corrected chi connectivity index (χ4v) is 1.77. The molecule has 3 N–H and O–H groups in total. The van der Waals surface area contributed by atoms with Crippen LogP contribution in [0.1, 0.15) is 54.4 Å². The second-order valence-electron chi connectivity index (χ2n) is 6.06. The van der Waals surface area contributed by atoms with E-state index in [1.54, 1.807) is 0 Å². The van der Waals surface area contributed by atoms with Gasteiger partial charge in [-0.3, -0.25) is 4.79 Å². The summed E-state index contributed by atoms with van der Waals surface area (Å²) in [6.07, 6.45) is 2.29. The van der Waals surface area contributed by atoms with Crippen LogP contribution in [0.15, 0.2) is 4.99 Å². The Morgan fingerprint density at radius 2 is 1.67 bits per heavy atom. The molecular weight excluding hydrogens is 379 g/mol. The first-order valence-electron chi connectivity index (χ1n) is 7.65. The summed E-state index contributed by atoms with van der Waals surface area (Å²) < 4.78 is 0. The van der Waals surface area contributed by atoms with Crippen molar-refractivity contribution in [1.82, 2.24) is 16.0 Å². The third-order valence-electron chi connectivity index (χ3n) is 2.95. The highest BCUT2D eigenvalue weighted by molar-refractivity contribution is 14.0. The molecule has 0 aromatic carbocycles. The molecule has 0 rings (SSSR count). The molecule has 0 unspecified atom stereocenters. The zero-order valence-corrected chi connectivity index (χ0v) is 16.7. The minimum absolute atomic E-state index is 0. The number of rotatable bonds is 7.